The van der Waals surface area contributed by atoms with Crippen LogP contribution in [-0.4, -0.2) is 23.4 Å². The maximum atomic E-state index is 7.57. The number of nitrogens with one attached hydrogen (secondary N) is 1. The molecule has 4 heteroatoms. The second kappa shape index (κ2) is 5.38. The van der Waals surface area contributed by atoms with E-state index in [0.29, 0.717) is 6.04 Å². The Hall–Kier alpha value is -1.58. The minimum atomic E-state index is 0.115. The van der Waals surface area contributed by atoms with Crippen LogP contribution in [0.4, 0.5) is 5.82 Å². The molecule has 0 radical (unpaired) electrons. The van der Waals surface area contributed by atoms with Crippen molar-refractivity contribution in [1.82, 2.24) is 4.98 Å². The highest BCUT2D eigenvalue weighted by atomic mass is 15.2. The van der Waals surface area contributed by atoms with Gasteiger partial charge >= 0.3 is 0 Å². The first-order valence-corrected chi connectivity index (χ1v) is 6.71. The Labute approximate surface area is 109 Å². The van der Waals surface area contributed by atoms with Crippen molar-refractivity contribution in [2.24, 2.45) is 5.73 Å². The zero-order valence-corrected chi connectivity index (χ0v) is 11.2. The van der Waals surface area contributed by atoms with Gasteiger partial charge in [-0.15, -0.1) is 0 Å². The number of hydrogen-bond acceptors (Lipinski definition) is 3. The third-order valence-electron chi connectivity index (χ3n) is 3.65. The van der Waals surface area contributed by atoms with Crippen LogP contribution < -0.4 is 10.6 Å². The van der Waals surface area contributed by atoms with E-state index in [0.717, 1.165) is 23.6 Å². The number of nitrogens with zero attached hydrogens (tertiary/aromatic N) is 2. The number of nitrogens with two attached hydrogens (primary N) is 1. The Morgan fingerprint density at radius 3 is 2.67 bits per heavy atom. The summed E-state index contributed by atoms with van der Waals surface area (Å²) in [5, 5.41) is 7.57. The van der Waals surface area contributed by atoms with Gasteiger partial charge in [-0.05, 0) is 38.8 Å². The SMILES string of the molecule is CCN(c1cc(C(=N)N)cc(C)n1)C1CCCC1. The van der Waals surface area contributed by atoms with Crippen molar-refractivity contribution in [3.05, 3.63) is 23.4 Å². The lowest BCUT2D eigenvalue weighted by molar-refractivity contribution is 0.612. The second-order valence-electron chi connectivity index (χ2n) is 4.99. The predicted octanol–water partition coefficient (Wildman–Crippen LogP) is 2.44. The van der Waals surface area contributed by atoms with Gasteiger partial charge in [0.2, 0.25) is 0 Å². The maximum Gasteiger partial charge on any atom is 0.129 e. The van der Waals surface area contributed by atoms with Crippen LogP contribution in [0.3, 0.4) is 0 Å². The highest BCUT2D eigenvalue weighted by Gasteiger charge is 2.23. The Balaban J connectivity index is 2.32. The van der Waals surface area contributed by atoms with Crippen molar-refractivity contribution in [3.63, 3.8) is 0 Å². The van der Waals surface area contributed by atoms with Gasteiger partial charge in [0.15, 0.2) is 0 Å². The molecular weight excluding hydrogens is 224 g/mol. The van der Waals surface area contributed by atoms with Gasteiger partial charge in [-0.1, -0.05) is 12.8 Å². The molecule has 4 nitrogen and oxygen atoms in total. The van der Waals surface area contributed by atoms with E-state index < -0.39 is 0 Å². The lowest BCUT2D eigenvalue weighted by Crippen LogP contribution is -2.34. The van der Waals surface area contributed by atoms with E-state index in [9.17, 15) is 0 Å². The highest BCUT2D eigenvalue weighted by Crippen LogP contribution is 2.27. The molecule has 1 aromatic rings. The number of aromatic nitrogens is 1. The first-order chi connectivity index (χ1) is 8.61. The summed E-state index contributed by atoms with van der Waals surface area (Å²) in [6.07, 6.45) is 5.12. The molecule has 1 aromatic heterocycles. The van der Waals surface area contributed by atoms with Gasteiger partial charge in [0.1, 0.15) is 11.7 Å². The van der Waals surface area contributed by atoms with Gasteiger partial charge in [-0.2, -0.15) is 0 Å². The van der Waals surface area contributed by atoms with Crippen molar-refractivity contribution in [3.8, 4) is 0 Å². The van der Waals surface area contributed by atoms with Gasteiger partial charge in [0, 0.05) is 23.8 Å². The van der Waals surface area contributed by atoms with Crippen molar-refractivity contribution in [1.29, 1.82) is 5.41 Å². The molecule has 0 bridgehead atoms. The number of rotatable bonds is 4. The smallest absolute Gasteiger partial charge is 0.129 e. The Bertz CT molecular complexity index is 435. The fourth-order valence-corrected chi connectivity index (χ4v) is 2.78. The molecule has 0 saturated heterocycles. The molecule has 0 spiro atoms. The van der Waals surface area contributed by atoms with Gasteiger partial charge in [0.05, 0.1) is 0 Å². The minimum Gasteiger partial charge on any atom is -0.384 e. The highest BCUT2D eigenvalue weighted by molar-refractivity contribution is 5.95. The molecule has 1 aliphatic carbocycles. The molecule has 98 valence electrons. The van der Waals surface area contributed by atoms with E-state index in [1.54, 1.807) is 0 Å². The summed E-state index contributed by atoms with van der Waals surface area (Å²) in [4.78, 5) is 6.96. The van der Waals surface area contributed by atoms with E-state index in [1.807, 2.05) is 19.1 Å². The average molecular weight is 246 g/mol. The lowest BCUT2D eigenvalue weighted by atomic mass is 10.1. The summed E-state index contributed by atoms with van der Waals surface area (Å²) < 4.78 is 0. The van der Waals surface area contributed by atoms with E-state index in [1.165, 1.54) is 25.7 Å². The predicted molar refractivity (Wildman–Crippen MR) is 75.3 cm³/mol. The average Bonchev–Trinajstić information content (AvgIpc) is 2.83. The van der Waals surface area contributed by atoms with Gasteiger partial charge < -0.3 is 10.6 Å². The fourth-order valence-electron chi connectivity index (χ4n) is 2.78. The zero-order chi connectivity index (χ0) is 13.1. The van der Waals surface area contributed by atoms with Crippen LogP contribution in [0.5, 0.6) is 0 Å². The van der Waals surface area contributed by atoms with Crippen molar-refractivity contribution < 1.29 is 0 Å². The molecule has 0 aromatic carbocycles. The Kier molecular flexibility index (Phi) is 3.84. The number of hydrogen-bond donors (Lipinski definition) is 2. The first kappa shape index (κ1) is 12.9. The third kappa shape index (κ3) is 2.63. The third-order valence-corrected chi connectivity index (χ3v) is 3.65. The standard InChI is InChI=1S/C14H22N4/c1-3-18(12-6-4-5-7-12)13-9-11(14(15)16)8-10(2)17-13/h8-9,12H,3-7H2,1-2H3,(H3,15,16). The second-order valence-corrected chi connectivity index (χ2v) is 4.99. The maximum absolute atomic E-state index is 7.57. The van der Waals surface area contributed by atoms with E-state index in [4.69, 9.17) is 11.1 Å². The number of anilines is 1. The molecular formula is C14H22N4. The van der Waals surface area contributed by atoms with Gasteiger partial charge in [-0.25, -0.2) is 4.98 Å². The fraction of sp³-hybridized carbons (Fsp3) is 0.571. The van der Waals surface area contributed by atoms with Crippen LogP contribution in [0.1, 0.15) is 43.9 Å². The first-order valence-electron chi connectivity index (χ1n) is 6.71. The molecule has 0 amide bonds. The van der Waals surface area contributed by atoms with Crippen molar-refractivity contribution in [2.45, 2.75) is 45.6 Å². The van der Waals surface area contributed by atoms with Crippen LogP contribution in [0.2, 0.25) is 0 Å². The lowest BCUT2D eigenvalue weighted by Gasteiger charge is -2.29. The van der Waals surface area contributed by atoms with E-state index in [-0.39, 0.29) is 5.84 Å². The summed E-state index contributed by atoms with van der Waals surface area (Å²) in [5.41, 5.74) is 7.28. The number of nitrogen functional groups attached to an aromatic ring is 1. The van der Waals surface area contributed by atoms with Crippen LogP contribution in [-0.2, 0) is 0 Å². The minimum absolute atomic E-state index is 0.115. The van der Waals surface area contributed by atoms with Crippen molar-refractivity contribution >= 4 is 11.7 Å². The molecule has 0 unspecified atom stereocenters. The largest absolute Gasteiger partial charge is 0.384 e. The van der Waals surface area contributed by atoms with Crippen LogP contribution in [0, 0.1) is 12.3 Å². The van der Waals surface area contributed by atoms with Crippen LogP contribution in [0.15, 0.2) is 12.1 Å². The number of aryl methyl sites for hydroxylation is 1. The van der Waals surface area contributed by atoms with Crippen molar-refractivity contribution in [2.75, 3.05) is 11.4 Å². The summed E-state index contributed by atoms with van der Waals surface area (Å²) in [7, 11) is 0. The molecule has 18 heavy (non-hydrogen) atoms. The molecule has 0 aliphatic heterocycles. The Morgan fingerprint density at radius 2 is 2.11 bits per heavy atom. The summed E-state index contributed by atoms with van der Waals surface area (Å²) in [6.45, 7) is 5.08. The number of amidine groups is 1. The van der Waals surface area contributed by atoms with Gasteiger partial charge in [-0.3, -0.25) is 5.41 Å². The van der Waals surface area contributed by atoms with Gasteiger partial charge in [0.25, 0.3) is 0 Å². The van der Waals surface area contributed by atoms with Crippen LogP contribution >= 0.6 is 0 Å². The number of pyridine rings is 1. The van der Waals surface area contributed by atoms with Crippen LogP contribution in [0.25, 0.3) is 0 Å². The van der Waals surface area contributed by atoms with E-state index in [2.05, 4.69) is 16.8 Å². The summed E-state index contributed by atoms with van der Waals surface area (Å²) >= 11 is 0. The molecule has 1 heterocycles. The summed E-state index contributed by atoms with van der Waals surface area (Å²) in [5.74, 6) is 1.08. The summed E-state index contributed by atoms with van der Waals surface area (Å²) in [6, 6.07) is 4.41. The normalized spacial score (nSPS) is 15.9. The molecule has 0 atom stereocenters. The molecule has 3 N–H and O–H groups in total. The molecule has 1 fully saturated rings. The monoisotopic (exact) mass is 246 g/mol. The quantitative estimate of drug-likeness (QED) is 0.633. The van der Waals surface area contributed by atoms with E-state index >= 15 is 0 Å². The Morgan fingerprint density at radius 1 is 1.44 bits per heavy atom. The molecule has 2 rings (SSSR count). The zero-order valence-electron chi connectivity index (χ0n) is 11.2. The molecule has 1 aliphatic rings. The molecule has 1 saturated carbocycles. The topological polar surface area (TPSA) is 66.0 Å².